The van der Waals surface area contributed by atoms with Gasteiger partial charge >= 0.3 is 0 Å². The van der Waals surface area contributed by atoms with Crippen molar-refractivity contribution in [3.8, 4) is 17.2 Å². The van der Waals surface area contributed by atoms with Crippen LogP contribution in [0.25, 0.3) is 11.8 Å². The highest BCUT2D eigenvalue weighted by atomic mass is 16.5. The molecule has 0 aliphatic carbocycles. The molecule has 124 valence electrons. The molecule has 0 spiro atoms. The molecule has 0 saturated heterocycles. The highest BCUT2D eigenvalue weighted by Crippen LogP contribution is 2.28. The van der Waals surface area contributed by atoms with E-state index in [1.54, 1.807) is 25.3 Å². The third-order valence-corrected chi connectivity index (χ3v) is 3.31. The first-order chi connectivity index (χ1) is 11.5. The Kier molecular flexibility index (Phi) is 5.63. The average Bonchev–Trinajstić information content (AvgIpc) is 2.60. The van der Waals surface area contributed by atoms with Gasteiger partial charge in [0.05, 0.1) is 14.2 Å². The molecule has 0 aromatic heterocycles. The van der Waals surface area contributed by atoms with Crippen LogP contribution in [-0.4, -0.2) is 30.2 Å². The molecule has 2 rings (SSSR count). The first-order valence-corrected chi connectivity index (χ1v) is 7.17. The Bertz CT molecular complexity index is 773. The zero-order chi connectivity index (χ0) is 17.5. The third-order valence-electron chi connectivity index (χ3n) is 3.31. The number of aliphatic hydroxyl groups is 1. The summed E-state index contributed by atoms with van der Waals surface area (Å²) in [5, 5.41) is 19.6. The highest BCUT2D eigenvalue weighted by Gasteiger charge is 2.06. The number of phenols is 1. The molecule has 0 heterocycles. The minimum atomic E-state index is -0.365. The van der Waals surface area contributed by atoms with E-state index in [4.69, 9.17) is 9.47 Å². The number of rotatable bonds is 6. The lowest BCUT2D eigenvalue weighted by molar-refractivity contribution is -0.110. The highest BCUT2D eigenvalue weighted by molar-refractivity contribution is 6.05. The Balaban J connectivity index is 2.11. The second-order valence-corrected chi connectivity index (χ2v) is 4.93. The number of ether oxygens (including phenoxy) is 2. The zero-order valence-electron chi connectivity index (χ0n) is 13.4. The van der Waals surface area contributed by atoms with Crippen molar-refractivity contribution in [3.63, 3.8) is 0 Å². The molecule has 0 aliphatic heterocycles. The number of benzene rings is 2. The van der Waals surface area contributed by atoms with E-state index in [1.807, 2.05) is 12.1 Å². The molecule has 24 heavy (non-hydrogen) atoms. The van der Waals surface area contributed by atoms with Gasteiger partial charge in [-0.25, -0.2) is 0 Å². The van der Waals surface area contributed by atoms with Crippen molar-refractivity contribution in [2.75, 3.05) is 14.2 Å². The molecule has 2 aromatic carbocycles. The summed E-state index contributed by atoms with van der Waals surface area (Å²) in [5.41, 5.74) is 1.21. The van der Waals surface area contributed by atoms with Crippen molar-refractivity contribution in [1.82, 2.24) is 0 Å². The van der Waals surface area contributed by atoms with Gasteiger partial charge in [-0.05, 0) is 42.0 Å². The van der Waals surface area contributed by atoms with Crippen LogP contribution in [-0.2, 0) is 4.79 Å². The van der Waals surface area contributed by atoms with Crippen molar-refractivity contribution in [2.45, 2.75) is 0 Å². The van der Waals surface area contributed by atoms with Gasteiger partial charge in [0.2, 0.25) is 0 Å². The zero-order valence-corrected chi connectivity index (χ0v) is 13.4. The predicted octanol–water partition coefficient (Wildman–Crippen LogP) is 3.59. The predicted molar refractivity (Wildman–Crippen MR) is 92.3 cm³/mol. The lowest BCUT2D eigenvalue weighted by Crippen LogP contribution is -1.92. The summed E-state index contributed by atoms with van der Waals surface area (Å²) < 4.78 is 10.0. The van der Waals surface area contributed by atoms with Crippen LogP contribution < -0.4 is 9.47 Å². The number of carbonyl (C=O) groups is 1. The second-order valence-electron chi connectivity index (χ2n) is 4.93. The largest absolute Gasteiger partial charge is 0.507 e. The lowest BCUT2D eigenvalue weighted by atomic mass is 10.1. The molecule has 0 amide bonds. The van der Waals surface area contributed by atoms with Gasteiger partial charge in [0, 0.05) is 11.6 Å². The number of ketones is 1. The van der Waals surface area contributed by atoms with Gasteiger partial charge in [-0.2, -0.15) is 0 Å². The quantitative estimate of drug-likeness (QED) is 0.627. The topological polar surface area (TPSA) is 76.0 Å². The Morgan fingerprint density at radius 2 is 1.75 bits per heavy atom. The Morgan fingerprint density at radius 3 is 2.38 bits per heavy atom. The number of carbonyl (C=O) groups excluding carboxylic acids is 1. The lowest BCUT2D eigenvalue weighted by Gasteiger charge is -2.05. The average molecular weight is 326 g/mol. The van der Waals surface area contributed by atoms with Gasteiger partial charge in [0.1, 0.15) is 11.5 Å². The molecule has 5 nitrogen and oxygen atoms in total. The first-order valence-electron chi connectivity index (χ1n) is 7.17. The Hall–Kier alpha value is -3.21. The van der Waals surface area contributed by atoms with Crippen LogP contribution >= 0.6 is 0 Å². The molecular weight excluding hydrogens is 308 g/mol. The van der Waals surface area contributed by atoms with Crippen LogP contribution in [0.1, 0.15) is 11.1 Å². The fourth-order valence-electron chi connectivity index (χ4n) is 2.00. The molecule has 0 radical (unpaired) electrons. The number of aromatic hydroxyl groups is 1. The SMILES string of the molecule is COc1ccc(/C=C/C(=O)/C=C(\O)c2ccc(O)c(OC)c2)cc1. The number of hydrogen-bond donors (Lipinski definition) is 2. The molecule has 0 fully saturated rings. The van der Waals surface area contributed by atoms with Crippen molar-refractivity contribution in [3.05, 3.63) is 65.7 Å². The van der Waals surface area contributed by atoms with E-state index in [0.717, 1.165) is 17.4 Å². The summed E-state index contributed by atoms with van der Waals surface area (Å²) in [7, 11) is 2.99. The van der Waals surface area contributed by atoms with Crippen molar-refractivity contribution in [2.24, 2.45) is 0 Å². The van der Waals surface area contributed by atoms with Gasteiger partial charge < -0.3 is 19.7 Å². The molecule has 5 heteroatoms. The maximum Gasteiger partial charge on any atom is 0.182 e. The van der Waals surface area contributed by atoms with Crippen LogP contribution in [0, 0.1) is 0 Å². The van der Waals surface area contributed by atoms with Crippen LogP contribution in [0.2, 0.25) is 0 Å². The molecule has 2 aromatic rings. The molecular formula is C19H18O5. The minimum Gasteiger partial charge on any atom is -0.507 e. The second kappa shape index (κ2) is 7.87. The fourth-order valence-corrected chi connectivity index (χ4v) is 2.00. The van der Waals surface area contributed by atoms with E-state index >= 15 is 0 Å². The first kappa shape index (κ1) is 17.1. The monoisotopic (exact) mass is 326 g/mol. The van der Waals surface area contributed by atoms with E-state index in [-0.39, 0.29) is 23.0 Å². The van der Waals surface area contributed by atoms with E-state index in [2.05, 4.69) is 0 Å². The summed E-state index contributed by atoms with van der Waals surface area (Å²) in [6.45, 7) is 0. The number of aliphatic hydroxyl groups excluding tert-OH is 1. The summed E-state index contributed by atoms with van der Waals surface area (Å²) in [6.07, 6.45) is 4.10. The summed E-state index contributed by atoms with van der Waals surface area (Å²) in [4.78, 5) is 11.9. The molecule has 2 N–H and O–H groups in total. The minimum absolute atomic E-state index is 0.0419. The maximum absolute atomic E-state index is 11.9. The Morgan fingerprint density at radius 1 is 1.04 bits per heavy atom. The molecule has 0 atom stereocenters. The van der Waals surface area contributed by atoms with Crippen LogP contribution in [0.5, 0.6) is 17.2 Å². The van der Waals surface area contributed by atoms with Gasteiger partial charge in [-0.15, -0.1) is 0 Å². The number of allylic oxidation sites excluding steroid dienone is 2. The number of phenolic OH excluding ortho intramolecular Hbond substituents is 1. The van der Waals surface area contributed by atoms with E-state index in [9.17, 15) is 15.0 Å². The van der Waals surface area contributed by atoms with E-state index in [1.165, 1.54) is 31.4 Å². The van der Waals surface area contributed by atoms with Crippen molar-refractivity contribution < 1.29 is 24.5 Å². The molecule has 0 bridgehead atoms. The fraction of sp³-hybridized carbons (Fsp3) is 0.105. The van der Waals surface area contributed by atoms with Crippen molar-refractivity contribution in [1.29, 1.82) is 0 Å². The standard InChI is InChI=1S/C19H18O5/c1-23-16-8-4-13(5-9-16)3-7-15(20)12-18(22)14-6-10-17(21)19(11-14)24-2/h3-12,21-22H,1-2H3/b7-3+,18-12-. The van der Waals surface area contributed by atoms with E-state index in [0.29, 0.717) is 5.56 Å². The molecule has 0 unspecified atom stereocenters. The molecule has 0 aliphatic rings. The van der Waals surface area contributed by atoms with Crippen LogP contribution in [0.15, 0.2) is 54.6 Å². The van der Waals surface area contributed by atoms with Gasteiger partial charge in [0.25, 0.3) is 0 Å². The van der Waals surface area contributed by atoms with Crippen LogP contribution in [0.4, 0.5) is 0 Å². The third kappa shape index (κ3) is 4.39. The van der Waals surface area contributed by atoms with Gasteiger partial charge in [0.15, 0.2) is 17.3 Å². The number of hydrogen-bond acceptors (Lipinski definition) is 5. The maximum atomic E-state index is 11.9. The smallest absolute Gasteiger partial charge is 0.182 e. The summed E-state index contributed by atoms with van der Waals surface area (Å²) in [5.74, 6) is 0.332. The van der Waals surface area contributed by atoms with E-state index < -0.39 is 0 Å². The number of methoxy groups -OCH3 is 2. The van der Waals surface area contributed by atoms with Crippen LogP contribution in [0.3, 0.4) is 0 Å². The summed E-state index contributed by atoms with van der Waals surface area (Å²) >= 11 is 0. The van der Waals surface area contributed by atoms with Crippen molar-refractivity contribution >= 4 is 17.6 Å². The summed E-state index contributed by atoms with van der Waals surface area (Å²) in [6, 6.07) is 11.5. The Labute approximate surface area is 140 Å². The molecule has 0 saturated carbocycles. The van der Waals surface area contributed by atoms with Gasteiger partial charge in [-0.1, -0.05) is 18.2 Å². The normalized spacial score (nSPS) is 11.5. The van der Waals surface area contributed by atoms with Gasteiger partial charge in [-0.3, -0.25) is 4.79 Å².